The summed E-state index contributed by atoms with van der Waals surface area (Å²) in [4.78, 5) is 17.7. The van der Waals surface area contributed by atoms with Gasteiger partial charge in [-0.2, -0.15) is 0 Å². The van der Waals surface area contributed by atoms with Gasteiger partial charge in [0.1, 0.15) is 5.82 Å². The van der Waals surface area contributed by atoms with Gasteiger partial charge in [-0.1, -0.05) is 17.7 Å². The maximum atomic E-state index is 12.8. The second-order valence-electron chi connectivity index (χ2n) is 9.07. The van der Waals surface area contributed by atoms with E-state index in [4.69, 9.17) is 4.74 Å². The number of nitrogens with zero attached hydrogens (tertiary/aromatic N) is 4. The number of imidazole rings is 1. The molecule has 1 fully saturated rings. The second-order valence-corrected chi connectivity index (χ2v) is 11.2. The minimum Gasteiger partial charge on any atom is -0.504 e. The van der Waals surface area contributed by atoms with Crippen molar-refractivity contribution in [2.75, 3.05) is 26.0 Å². The summed E-state index contributed by atoms with van der Waals surface area (Å²) in [5.41, 5.74) is 1.33. The molecule has 0 spiro atoms. The molecule has 0 bridgehead atoms. The molecule has 1 aliphatic rings. The van der Waals surface area contributed by atoms with Crippen LogP contribution in [0.2, 0.25) is 0 Å². The zero-order valence-electron chi connectivity index (χ0n) is 20.3. The summed E-state index contributed by atoms with van der Waals surface area (Å²) in [6.45, 7) is 4.03. The topological polar surface area (TPSA) is 128 Å². The van der Waals surface area contributed by atoms with E-state index in [9.17, 15) is 23.6 Å². The van der Waals surface area contributed by atoms with Gasteiger partial charge in [-0.15, -0.1) is 0 Å². The number of piperidine rings is 1. The fraction of sp³-hybridized carbons (Fsp3) is 0.400. The van der Waals surface area contributed by atoms with Gasteiger partial charge in [0.25, 0.3) is 5.69 Å². The number of methoxy groups -OCH3 is 1. The molecule has 36 heavy (non-hydrogen) atoms. The van der Waals surface area contributed by atoms with Crippen LogP contribution in [0.3, 0.4) is 0 Å². The van der Waals surface area contributed by atoms with Gasteiger partial charge in [-0.05, 0) is 45.0 Å². The van der Waals surface area contributed by atoms with Crippen LogP contribution in [0.1, 0.15) is 35.7 Å². The van der Waals surface area contributed by atoms with Crippen molar-refractivity contribution >= 4 is 15.5 Å². The fourth-order valence-corrected chi connectivity index (χ4v) is 5.80. The summed E-state index contributed by atoms with van der Waals surface area (Å²) in [6.07, 6.45) is 5.12. The SMILES string of the molecule is COc1cc([N+](=O)[O-])cc(CN2CCC(c3nccn3CCS(=O)(=O)c3ccc(C)cc3)CC2)c1O. The summed E-state index contributed by atoms with van der Waals surface area (Å²) in [7, 11) is -2.04. The average molecular weight is 515 g/mol. The van der Waals surface area contributed by atoms with E-state index in [2.05, 4.69) is 9.88 Å². The first-order valence-electron chi connectivity index (χ1n) is 11.7. The number of non-ortho nitro benzene ring substituents is 1. The Labute approximate surface area is 210 Å². The molecule has 0 radical (unpaired) electrons. The molecule has 10 nitrogen and oxygen atoms in total. The van der Waals surface area contributed by atoms with E-state index in [1.54, 1.807) is 30.5 Å². The van der Waals surface area contributed by atoms with E-state index in [0.717, 1.165) is 24.2 Å². The van der Waals surface area contributed by atoms with Gasteiger partial charge in [0, 0.05) is 43.0 Å². The Bertz CT molecular complexity index is 1330. The number of rotatable bonds is 9. The molecular formula is C25H30N4O6S. The molecule has 1 N–H and O–H groups in total. The Hall–Kier alpha value is -3.44. The third kappa shape index (κ3) is 5.68. The van der Waals surface area contributed by atoms with Gasteiger partial charge in [0.05, 0.1) is 28.7 Å². The van der Waals surface area contributed by atoms with E-state index >= 15 is 0 Å². The van der Waals surface area contributed by atoms with Crippen molar-refractivity contribution in [3.63, 3.8) is 0 Å². The number of phenolic OH excluding ortho intramolecular Hbond substituents is 1. The normalized spacial score (nSPS) is 15.2. The summed E-state index contributed by atoms with van der Waals surface area (Å²) in [5.74, 6) is 1.03. The van der Waals surface area contributed by atoms with Crippen molar-refractivity contribution in [1.29, 1.82) is 0 Å². The van der Waals surface area contributed by atoms with Crippen molar-refractivity contribution in [2.45, 2.75) is 43.7 Å². The number of nitro groups is 1. The predicted octanol–water partition coefficient (Wildman–Crippen LogP) is 3.67. The van der Waals surface area contributed by atoms with Gasteiger partial charge in [0.15, 0.2) is 21.3 Å². The number of sulfone groups is 1. The molecule has 192 valence electrons. The lowest BCUT2D eigenvalue weighted by Crippen LogP contribution is -2.33. The van der Waals surface area contributed by atoms with Crippen molar-refractivity contribution in [2.24, 2.45) is 0 Å². The van der Waals surface area contributed by atoms with Gasteiger partial charge in [0.2, 0.25) is 0 Å². The number of likely N-dealkylation sites (tertiary alicyclic amines) is 1. The van der Waals surface area contributed by atoms with Crippen LogP contribution in [-0.2, 0) is 22.9 Å². The Morgan fingerprint density at radius 3 is 2.53 bits per heavy atom. The first-order valence-corrected chi connectivity index (χ1v) is 13.4. The quantitative estimate of drug-likeness (QED) is 0.338. The maximum Gasteiger partial charge on any atom is 0.273 e. The van der Waals surface area contributed by atoms with E-state index < -0.39 is 14.8 Å². The summed E-state index contributed by atoms with van der Waals surface area (Å²) >= 11 is 0. The molecule has 3 aromatic rings. The summed E-state index contributed by atoms with van der Waals surface area (Å²) in [5, 5.41) is 21.7. The molecule has 2 heterocycles. The lowest BCUT2D eigenvalue weighted by atomic mass is 9.95. The highest BCUT2D eigenvalue weighted by Crippen LogP contribution is 2.36. The Balaban J connectivity index is 1.38. The summed E-state index contributed by atoms with van der Waals surface area (Å²) in [6, 6.07) is 9.47. The molecule has 1 saturated heterocycles. The minimum atomic E-state index is -3.40. The molecule has 0 amide bonds. The molecule has 2 aromatic carbocycles. The monoisotopic (exact) mass is 514 g/mol. The number of nitro benzene ring substituents is 1. The smallest absolute Gasteiger partial charge is 0.273 e. The number of ether oxygens (including phenoxy) is 1. The van der Waals surface area contributed by atoms with Gasteiger partial charge >= 0.3 is 0 Å². The third-order valence-electron chi connectivity index (χ3n) is 6.64. The molecule has 0 saturated carbocycles. The van der Waals surface area contributed by atoms with Gasteiger partial charge < -0.3 is 14.4 Å². The standard InChI is InChI=1S/C25H30N4O6S/c1-18-3-5-22(6-4-18)36(33,34)14-13-28-12-9-26-25(28)19-7-10-27(11-8-19)17-20-15-21(29(31)32)16-23(35-2)24(20)30/h3-6,9,12,15-16,19,30H,7-8,10-11,13-14,17H2,1-2H3. The lowest BCUT2D eigenvalue weighted by molar-refractivity contribution is -0.385. The molecular weight excluding hydrogens is 484 g/mol. The van der Waals surface area contributed by atoms with E-state index in [0.29, 0.717) is 36.6 Å². The third-order valence-corrected chi connectivity index (χ3v) is 8.36. The largest absolute Gasteiger partial charge is 0.504 e. The van der Waals surface area contributed by atoms with Crippen molar-refractivity contribution in [3.8, 4) is 11.5 Å². The highest BCUT2D eigenvalue weighted by atomic mass is 32.2. The van der Waals surface area contributed by atoms with E-state index in [1.165, 1.54) is 19.2 Å². The van der Waals surface area contributed by atoms with E-state index in [1.807, 2.05) is 17.7 Å². The molecule has 1 aliphatic heterocycles. The zero-order chi connectivity index (χ0) is 25.9. The van der Waals surface area contributed by atoms with Gasteiger partial charge in [-0.25, -0.2) is 13.4 Å². The highest BCUT2D eigenvalue weighted by molar-refractivity contribution is 7.91. The van der Waals surface area contributed by atoms with Crippen molar-refractivity contribution in [1.82, 2.24) is 14.5 Å². The molecule has 0 aliphatic carbocycles. The first kappa shape index (κ1) is 25.6. The molecule has 11 heteroatoms. The van der Waals surface area contributed by atoms with E-state index in [-0.39, 0.29) is 28.9 Å². The second kappa shape index (κ2) is 10.7. The van der Waals surface area contributed by atoms with Gasteiger partial charge in [-0.3, -0.25) is 15.0 Å². The number of aromatic hydroxyl groups is 1. The van der Waals surface area contributed by atoms with Crippen molar-refractivity contribution < 1.29 is 23.2 Å². The minimum absolute atomic E-state index is 0.00778. The molecule has 1 aromatic heterocycles. The van der Waals surface area contributed by atoms with Crippen LogP contribution >= 0.6 is 0 Å². The fourth-order valence-electron chi connectivity index (χ4n) is 4.57. The first-order chi connectivity index (χ1) is 17.2. The van der Waals surface area contributed by atoms with Crippen LogP contribution in [0.5, 0.6) is 11.5 Å². The van der Waals surface area contributed by atoms with Crippen LogP contribution < -0.4 is 4.74 Å². The Kier molecular flexibility index (Phi) is 7.60. The van der Waals surface area contributed by atoms with Crippen LogP contribution in [0.15, 0.2) is 53.7 Å². The number of phenols is 1. The van der Waals surface area contributed by atoms with Crippen molar-refractivity contribution in [3.05, 3.63) is 75.9 Å². The number of aryl methyl sites for hydroxylation is 2. The summed E-state index contributed by atoms with van der Waals surface area (Å²) < 4.78 is 32.6. The molecule has 0 atom stereocenters. The number of hydrogen-bond acceptors (Lipinski definition) is 8. The number of hydrogen-bond donors (Lipinski definition) is 1. The highest BCUT2D eigenvalue weighted by Gasteiger charge is 2.26. The molecule has 4 rings (SSSR count). The van der Waals surface area contributed by atoms with Crippen LogP contribution in [0, 0.1) is 17.0 Å². The Morgan fingerprint density at radius 2 is 1.89 bits per heavy atom. The Morgan fingerprint density at radius 1 is 1.19 bits per heavy atom. The van der Waals surface area contributed by atoms with Crippen LogP contribution in [-0.4, -0.2) is 58.9 Å². The maximum absolute atomic E-state index is 12.8. The van der Waals surface area contributed by atoms with Crippen LogP contribution in [0.4, 0.5) is 5.69 Å². The predicted molar refractivity (Wildman–Crippen MR) is 134 cm³/mol. The molecule has 0 unspecified atom stereocenters. The number of benzene rings is 2. The van der Waals surface area contributed by atoms with Crippen LogP contribution in [0.25, 0.3) is 0 Å². The number of aromatic nitrogens is 2. The average Bonchev–Trinajstić information content (AvgIpc) is 3.33. The zero-order valence-corrected chi connectivity index (χ0v) is 21.1. The lowest BCUT2D eigenvalue weighted by Gasteiger charge is -2.32.